The topological polar surface area (TPSA) is 70.6 Å². The van der Waals surface area contributed by atoms with Crippen LogP contribution in [0.15, 0.2) is 0 Å². The van der Waals surface area contributed by atoms with E-state index in [1.165, 1.54) is 19.3 Å². The molecule has 1 amide bonds. The van der Waals surface area contributed by atoms with Gasteiger partial charge in [0.2, 0.25) is 5.91 Å². The zero-order valence-electron chi connectivity index (χ0n) is 10.6. The Morgan fingerprint density at radius 2 is 2.06 bits per heavy atom. The Hall–Kier alpha value is -0.650. The molecule has 3 aliphatic rings. The molecule has 5 nitrogen and oxygen atoms in total. The first-order chi connectivity index (χ1) is 8.74. The van der Waals surface area contributed by atoms with Crippen LogP contribution in [-0.4, -0.2) is 48.5 Å². The molecule has 0 aromatic carbocycles. The number of carbonyl (C=O) groups excluding carboxylic acids is 1. The molecule has 3 atom stereocenters. The zero-order valence-corrected chi connectivity index (χ0v) is 10.6. The van der Waals surface area contributed by atoms with Crippen molar-refractivity contribution in [3.63, 3.8) is 0 Å². The quantitative estimate of drug-likeness (QED) is 0.634. The maximum atomic E-state index is 11.5. The lowest BCUT2D eigenvalue weighted by atomic mass is 9.92. The maximum absolute atomic E-state index is 11.5. The Labute approximate surface area is 107 Å². The third kappa shape index (κ3) is 2.68. The smallest absolute Gasteiger partial charge is 0.223 e. The summed E-state index contributed by atoms with van der Waals surface area (Å²) in [7, 11) is 0. The number of hydrogen-bond donors (Lipinski definition) is 3. The summed E-state index contributed by atoms with van der Waals surface area (Å²) in [6.07, 6.45) is 4.92. The second-order valence-corrected chi connectivity index (χ2v) is 5.78. The van der Waals surface area contributed by atoms with E-state index in [-0.39, 0.29) is 24.0 Å². The Morgan fingerprint density at radius 3 is 2.67 bits per heavy atom. The minimum Gasteiger partial charge on any atom is -0.389 e. The van der Waals surface area contributed by atoms with Crippen LogP contribution in [0.5, 0.6) is 0 Å². The van der Waals surface area contributed by atoms with Crippen LogP contribution in [0.4, 0.5) is 0 Å². The third-order valence-corrected chi connectivity index (χ3v) is 4.26. The lowest BCUT2D eigenvalue weighted by Crippen LogP contribution is -2.50. The van der Waals surface area contributed by atoms with E-state index in [0.717, 1.165) is 12.8 Å². The highest BCUT2D eigenvalue weighted by atomic mass is 16.5. The number of aliphatic hydroxyl groups is 1. The van der Waals surface area contributed by atoms with E-state index in [9.17, 15) is 9.90 Å². The second-order valence-electron chi connectivity index (χ2n) is 5.78. The summed E-state index contributed by atoms with van der Waals surface area (Å²) >= 11 is 0. The zero-order chi connectivity index (χ0) is 12.5. The first-order valence-electron chi connectivity index (χ1n) is 7.07. The van der Waals surface area contributed by atoms with Crippen molar-refractivity contribution in [1.29, 1.82) is 0 Å². The third-order valence-electron chi connectivity index (χ3n) is 4.26. The minimum atomic E-state index is -0.509. The van der Waals surface area contributed by atoms with Gasteiger partial charge in [0.05, 0.1) is 18.8 Å². The van der Waals surface area contributed by atoms with Gasteiger partial charge in [0, 0.05) is 18.5 Å². The second kappa shape index (κ2) is 5.15. The monoisotopic (exact) mass is 254 g/mol. The predicted octanol–water partition coefficient (Wildman–Crippen LogP) is -0.217. The first kappa shape index (κ1) is 12.4. The Kier molecular flexibility index (Phi) is 3.54. The van der Waals surface area contributed by atoms with Crippen LogP contribution in [0.25, 0.3) is 0 Å². The summed E-state index contributed by atoms with van der Waals surface area (Å²) in [5, 5.41) is 16.4. The summed E-state index contributed by atoms with van der Waals surface area (Å²) in [6, 6.07) is 0.575. The van der Waals surface area contributed by atoms with E-state index in [4.69, 9.17) is 4.74 Å². The van der Waals surface area contributed by atoms with Crippen molar-refractivity contribution in [1.82, 2.24) is 10.6 Å². The average molecular weight is 254 g/mol. The van der Waals surface area contributed by atoms with Crippen LogP contribution < -0.4 is 10.6 Å². The number of ether oxygens (including phenoxy) is 1. The highest BCUT2D eigenvalue weighted by molar-refractivity contribution is 5.80. The number of hydrogen-bond acceptors (Lipinski definition) is 4. The van der Waals surface area contributed by atoms with Crippen LogP contribution in [0.3, 0.4) is 0 Å². The molecule has 3 N–H and O–H groups in total. The maximum Gasteiger partial charge on any atom is 0.223 e. The van der Waals surface area contributed by atoms with Gasteiger partial charge in [0.25, 0.3) is 0 Å². The molecule has 0 aromatic rings. The van der Waals surface area contributed by atoms with Crippen molar-refractivity contribution < 1.29 is 14.6 Å². The predicted molar refractivity (Wildman–Crippen MR) is 66.0 cm³/mol. The highest BCUT2D eigenvalue weighted by Crippen LogP contribution is 2.29. The van der Waals surface area contributed by atoms with Crippen LogP contribution in [-0.2, 0) is 9.53 Å². The SMILES string of the molecule is O=C(NC[C@H]1OC[C@@H](NC2CCC2)[C@@H]1O)C1CC1. The number of rotatable bonds is 5. The molecule has 5 heteroatoms. The normalized spacial score (nSPS) is 36.4. The molecular formula is C13H22N2O3. The van der Waals surface area contributed by atoms with Crippen LogP contribution >= 0.6 is 0 Å². The standard InChI is InChI=1S/C13H22N2O3/c16-12-10(15-9-2-1-3-9)7-18-11(12)6-14-13(17)8-4-5-8/h8-12,15-16H,1-7H2,(H,14,17)/t10-,11-,12+/m1/s1. The molecule has 0 aromatic heterocycles. The molecule has 3 fully saturated rings. The van der Waals surface area contributed by atoms with Crippen molar-refractivity contribution in [2.24, 2.45) is 5.92 Å². The van der Waals surface area contributed by atoms with Gasteiger partial charge in [-0.15, -0.1) is 0 Å². The van der Waals surface area contributed by atoms with Gasteiger partial charge in [-0.05, 0) is 25.7 Å². The number of amides is 1. The van der Waals surface area contributed by atoms with Gasteiger partial charge in [-0.1, -0.05) is 6.42 Å². The summed E-state index contributed by atoms with van der Waals surface area (Å²) in [5.74, 6) is 0.327. The molecule has 1 aliphatic heterocycles. The van der Waals surface area contributed by atoms with E-state index >= 15 is 0 Å². The lowest BCUT2D eigenvalue weighted by molar-refractivity contribution is -0.123. The largest absolute Gasteiger partial charge is 0.389 e. The molecule has 2 aliphatic carbocycles. The summed E-state index contributed by atoms with van der Waals surface area (Å²) in [4.78, 5) is 11.5. The summed E-state index contributed by atoms with van der Waals surface area (Å²) < 4.78 is 5.57. The molecule has 2 saturated carbocycles. The highest BCUT2D eigenvalue weighted by Gasteiger charge is 2.38. The van der Waals surface area contributed by atoms with Gasteiger partial charge in [-0.2, -0.15) is 0 Å². The van der Waals surface area contributed by atoms with Gasteiger partial charge in [-0.3, -0.25) is 4.79 Å². The molecule has 0 spiro atoms. The number of aliphatic hydroxyl groups excluding tert-OH is 1. The summed E-state index contributed by atoms with van der Waals surface area (Å²) in [5.41, 5.74) is 0. The molecule has 3 rings (SSSR count). The van der Waals surface area contributed by atoms with Gasteiger partial charge in [-0.25, -0.2) is 0 Å². The molecule has 102 valence electrons. The van der Waals surface area contributed by atoms with Crippen molar-refractivity contribution in [3.8, 4) is 0 Å². The van der Waals surface area contributed by atoms with E-state index in [0.29, 0.717) is 19.2 Å². The summed E-state index contributed by atoms with van der Waals surface area (Å²) in [6.45, 7) is 0.973. The number of carbonyl (C=O) groups is 1. The van der Waals surface area contributed by atoms with E-state index < -0.39 is 6.10 Å². The molecular weight excluding hydrogens is 232 g/mol. The lowest BCUT2D eigenvalue weighted by Gasteiger charge is -2.30. The van der Waals surface area contributed by atoms with Crippen LogP contribution in [0.2, 0.25) is 0 Å². The molecule has 18 heavy (non-hydrogen) atoms. The van der Waals surface area contributed by atoms with Gasteiger partial charge < -0.3 is 20.5 Å². The molecule has 1 heterocycles. The Morgan fingerprint density at radius 1 is 1.28 bits per heavy atom. The van der Waals surface area contributed by atoms with Gasteiger partial charge in [0.15, 0.2) is 0 Å². The average Bonchev–Trinajstić information content (AvgIpc) is 3.08. The van der Waals surface area contributed by atoms with Gasteiger partial charge in [0.1, 0.15) is 6.10 Å². The van der Waals surface area contributed by atoms with E-state index in [2.05, 4.69) is 10.6 Å². The molecule has 0 bridgehead atoms. The fourth-order valence-electron chi connectivity index (χ4n) is 2.58. The molecule has 0 radical (unpaired) electrons. The van der Waals surface area contributed by atoms with E-state index in [1.807, 2.05) is 0 Å². The van der Waals surface area contributed by atoms with Crippen LogP contribution in [0.1, 0.15) is 32.1 Å². The fourth-order valence-corrected chi connectivity index (χ4v) is 2.58. The minimum absolute atomic E-state index is 0.0260. The Bertz CT molecular complexity index is 315. The number of nitrogens with one attached hydrogen (secondary N) is 2. The van der Waals surface area contributed by atoms with Crippen LogP contribution in [0, 0.1) is 5.92 Å². The van der Waals surface area contributed by atoms with Crippen molar-refractivity contribution in [3.05, 3.63) is 0 Å². The van der Waals surface area contributed by atoms with E-state index in [1.54, 1.807) is 0 Å². The van der Waals surface area contributed by atoms with Crippen molar-refractivity contribution in [2.45, 2.75) is 56.4 Å². The van der Waals surface area contributed by atoms with Crippen molar-refractivity contribution >= 4 is 5.91 Å². The molecule has 0 unspecified atom stereocenters. The molecule has 1 saturated heterocycles. The van der Waals surface area contributed by atoms with Crippen molar-refractivity contribution in [2.75, 3.05) is 13.2 Å². The Balaban J connectivity index is 1.41. The fraction of sp³-hybridized carbons (Fsp3) is 0.923. The first-order valence-corrected chi connectivity index (χ1v) is 7.07. The van der Waals surface area contributed by atoms with Gasteiger partial charge >= 0.3 is 0 Å².